The van der Waals surface area contributed by atoms with E-state index in [1.165, 1.54) is 12.1 Å². The second kappa shape index (κ2) is 7.87. The number of nitrogens with zero attached hydrogens (tertiary/aromatic N) is 2. The van der Waals surface area contributed by atoms with Gasteiger partial charge in [-0.25, -0.2) is 4.39 Å². The summed E-state index contributed by atoms with van der Waals surface area (Å²) >= 11 is 0. The number of hydrogen-bond acceptors (Lipinski definition) is 3. The fourth-order valence-electron chi connectivity index (χ4n) is 3.16. The number of rotatable bonds is 6. The first-order valence-corrected chi connectivity index (χ1v) is 7.89. The standard InChI is InChI=1S/C17H27FN2O/c1-14(15-3-5-16(18)6-4-15)13-20(11-12-21)17-7-9-19(2)10-8-17/h3-6,14,17,21H,7-13H2,1-2H3/t14-/m1/s1. The Kier molecular flexibility index (Phi) is 6.15. The van der Waals surface area contributed by atoms with E-state index in [9.17, 15) is 9.50 Å². The summed E-state index contributed by atoms with van der Waals surface area (Å²) in [5.74, 6) is 0.158. The van der Waals surface area contributed by atoms with Gasteiger partial charge in [0.25, 0.3) is 0 Å². The lowest BCUT2D eigenvalue weighted by Crippen LogP contribution is -2.46. The van der Waals surface area contributed by atoms with E-state index in [1.807, 2.05) is 12.1 Å². The first-order valence-electron chi connectivity index (χ1n) is 7.89. The molecule has 1 aromatic carbocycles. The van der Waals surface area contributed by atoms with E-state index in [-0.39, 0.29) is 12.4 Å². The van der Waals surface area contributed by atoms with E-state index in [2.05, 4.69) is 23.8 Å². The highest BCUT2D eigenvalue weighted by molar-refractivity contribution is 5.20. The normalized spacial score (nSPS) is 19.1. The molecule has 21 heavy (non-hydrogen) atoms. The van der Waals surface area contributed by atoms with Crippen molar-refractivity contribution in [2.75, 3.05) is 39.8 Å². The molecule has 1 aliphatic rings. The van der Waals surface area contributed by atoms with Gasteiger partial charge < -0.3 is 10.0 Å². The van der Waals surface area contributed by atoms with Crippen LogP contribution in [0, 0.1) is 5.82 Å². The summed E-state index contributed by atoms with van der Waals surface area (Å²) in [6, 6.07) is 7.34. The molecule has 0 aromatic heterocycles. The fourth-order valence-corrected chi connectivity index (χ4v) is 3.16. The van der Waals surface area contributed by atoms with Gasteiger partial charge in [-0.3, -0.25) is 4.90 Å². The van der Waals surface area contributed by atoms with Crippen LogP contribution in [0.2, 0.25) is 0 Å². The van der Waals surface area contributed by atoms with E-state index >= 15 is 0 Å². The third-order valence-corrected chi connectivity index (χ3v) is 4.54. The minimum Gasteiger partial charge on any atom is -0.395 e. The van der Waals surface area contributed by atoms with Gasteiger partial charge in [-0.15, -0.1) is 0 Å². The summed E-state index contributed by atoms with van der Waals surface area (Å²) in [7, 11) is 2.16. The highest BCUT2D eigenvalue weighted by atomic mass is 19.1. The summed E-state index contributed by atoms with van der Waals surface area (Å²) < 4.78 is 13.0. The molecule has 0 saturated carbocycles. The number of aliphatic hydroxyl groups excluding tert-OH is 1. The van der Waals surface area contributed by atoms with Gasteiger partial charge in [0.2, 0.25) is 0 Å². The van der Waals surface area contributed by atoms with Crippen LogP contribution in [0.5, 0.6) is 0 Å². The second-order valence-corrected chi connectivity index (χ2v) is 6.21. The molecule has 0 aliphatic carbocycles. The average molecular weight is 294 g/mol. The zero-order valence-corrected chi connectivity index (χ0v) is 13.1. The number of hydrogen-bond donors (Lipinski definition) is 1. The zero-order valence-electron chi connectivity index (χ0n) is 13.1. The van der Waals surface area contributed by atoms with E-state index in [0.717, 1.165) is 44.6 Å². The van der Waals surface area contributed by atoms with Crippen LogP contribution < -0.4 is 0 Å². The maximum absolute atomic E-state index is 13.0. The van der Waals surface area contributed by atoms with Crippen LogP contribution in [0.25, 0.3) is 0 Å². The topological polar surface area (TPSA) is 26.7 Å². The van der Waals surface area contributed by atoms with E-state index < -0.39 is 0 Å². The van der Waals surface area contributed by atoms with Crippen LogP contribution in [-0.2, 0) is 0 Å². The molecule has 0 radical (unpaired) electrons. The first kappa shape index (κ1) is 16.4. The SMILES string of the molecule is C[C@H](CN(CCO)C1CCN(C)CC1)c1ccc(F)cc1. The van der Waals surface area contributed by atoms with Crippen LogP contribution in [-0.4, -0.2) is 60.8 Å². The molecule has 0 unspecified atom stereocenters. The van der Waals surface area contributed by atoms with E-state index in [1.54, 1.807) is 0 Å². The number of aliphatic hydroxyl groups is 1. The molecule has 1 heterocycles. The van der Waals surface area contributed by atoms with E-state index in [4.69, 9.17) is 0 Å². The van der Waals surface area contributed by atoms with Gasteiger partial charge in [0.15, 0.2) is 0 Å². The molecule has 1 fully saturated rings. The van der Waals surface area contributed by atoms with Gasteiger partial charge >= 0.3 is 0 Å². The van der Waals surface area contributed by atoms with Gasteiger partial charge in [0.05, 0.1) is 6.61 Å². The quantitative estimate of drug-likeness (QED) is 0.872. The lowest BCUT2D eigenvalue weighted by atomic mass is 9.97. The lowest BCUT2D eigenvalue weighted by Gasteiger charge is -2.38. The highest BCUT2D eigenvalue weighted by Crippen LogP contribution is 2.21. The smallest absolute Gasteiger partial charge is 0.123 e. The minimum absolute atomic E-state index is 0.187. The van der Waals surface area contributed by atoms with Crippen LogP contribution >= 0.6 is 0 Å². The molecule has 1 saturated heterocycles. The van der Waals surface area contributed by atoms with Crippen LogP contribution in [0.4, 0.5) is 4.39 Å². The van der Waals surface area contributed by atoms with Crippen LogP contribution in [0.1, 0.15) is 31.2 Å². The second-order valence-electron chi connectivity index (χ2n) is 6.21. The molecule has 4 heteroatoms. The van der Waals surface area contributed by atoms with Crippen molar-refractivity contribution in [3.05, 3.63) is 35.6 Å². The summed E-state index contributed by atoms with van der Waals surface area (Å²) in [5, 5.41) is 9.34. The van der Waals surface area contributed by atoms with Gasteiger partial charge in [0.1, 0.15) is 5.82 Å². The van der Waals surface area contributed by atoms with Gasteiger partial charge in [-0.2, -0.15) is 0 Å². The molecule has 2 rings (SSSR count). The lowest BCUT2D eigenvalue weighted by molar-refractivity contribution is 0.0957. The average Bonchev–Trinajstić information content (AvgIpc) is 2.48. The van der Waals surface area contributed by atoms with Crippen molar-refractivity contribution in [1.82, 2.24) is 9.80 Å². The van der Waals surface area contributed by atoms with Crippen molar-refractivity contribution in [3.8, 4) is 0 Å². The molecular weight excluding hydrogens is 267 g/mol. The maximum Gasteiger partial charge on any atom is 0.123 e. The predicted molar refractivity (Wildman–Crippen MR) is 84.0 cm³/mol. The summed E-state index contributed by atoms with van der Waals surface area (Å²) in [6.07, 6.45) is 2.32. The van der Waals surface area contributed by atoms with Gasteiger partial charge in [0, 0.05) is 19.1 Å². The Labute approximate surface area is 127 Å². The Balaban J connectivity index is 1.96. The van der Waals surface area contributed by atoms with Crippen molar-refractivity contribution < 1.29 is 9.50 Å². The predicted octanol–water partition coefficient (Wildman–Crippen LogP) is 2.32. The van der Waals surface area contributed by atoms with Crippen molar-refractivity contribution in [3.63, 3.8) is 0 Å². The molecule has 1 atom stereocenters. The van der Waals surface area contributed by atoms with Gasteiger partial charge in [-0.05, 0) is 56.6 Å². The summed E-state index contributed by atoms with van der Waals surface area (Å²) in [4.78, 5) is 4.76. The highest BCUT2D eigenvalue weighted by Gasteiger charge is 2.24. The first-order chi connectivity index (χ1) is 10.1. The van der Waals surface area contributed by atoms with Crippen LogP contribution in [0.3, 0.4) is 0 Å². The third-order valence-electron chi connectivity index (χ3n) is 4.54. The molecule has 0 bridgehead atoms. The van der Waals surface area contributed by atoms with Crippen molar-refractivity contribution in [2.24, 2.45) is 0 Å². The van der Waals surface area contributed by atoms with Crippen molar-refractivity contribution >= 4 is 0 Å². The molecule has 1 aliphatic heterocycles. The summed E-state index contributed by atoms with van der Waals surface area (Å²) in [6.45, 7) is 6.25. The Morgan fingerprint density at radius 1 is 1.29 bits per heavy atom. The molecule has 1 aromatic rings. The molecule has 1 N–H and O–H groups in total. The molecule has 118 valence electrons. The number of benzene rings is 1. The Hall–Kier alpha value is -0.970. The molecule has 3 nitrogen and oxygen atoms in total. The van der Waals surface area contributed by atoms with Crippen LogP contribution in [0.15, 0.2) is 24.3 Å². The number of likely N-dealkylation sites (tertiary alicyclic amines) is 1. The fraction of sp³-hybridized carbons (Fsp3) is 0.647. The molecule has 0 spiro atoms. The Morgan fingerprint density at radius 3 is 2.48 bits per heavy atom. The van der Waals surface area contributed by atoms with Crippen molar-refractivity contribution in [2.45, 2.75) is 31.7 Å². The van der Waals surface area contributed by atoms with Gasteiger partial charge in [-0.1, -0.05) is 19.1 Å². The molecule has 0 amide bonds. The largest absolute Gasteiger partial charge is 0.395 e. The third kappa shape index (κ3) is 4.77. The zero-order chi connectivity index (χ0) is 15.2. The van der Waals surface area contributed by atoms with Crippen molar-refractivity contribution in [1.29, 1.82) is 0 Å². The number of halogens is 1. The minimum atomic E-state index is -0.187. The number of piperidine rings is 1. The van der Waals surface area contributed by atoms with E-state index in [0.29, 0.717) is 12.0 Å². The monoisotopic (exact) mass is 294 g/mol. The molecular formula is C17H27FN2O. The Morgan fingerprint density at radius 2 is 1.90 bits per heavy atom. The summed E-state index contributed by atoms with van der Waals surface area (Å²) in [5.41, 5.74) is 1.16. The Bertz CT molecular complexity index is 415. The maximum atomic E-state index is 13.0.